The fourth-order valence-electron chi connectivity index (χ4n) is 3.25. The van der Waals surface area contributed by atoms with Gasteiger partial charge in [0.05, 0.1) is 11.2 Å². The van der Waals surface area contributed by atoms with Gasteiger partial charge in [0.25, 0.3) is 0 Å². The fraction of sp³-hybridized carbons (Fsp3) is 0.217. The van der Waals surface area contributed by atoms with Crippen molar-refractivity contribution in [1.29, 1.82) is 0 Å². The lowest BCUT2D eigenvalue weighted by atomic mass is 10.0. The molecule has 0 radical (unpaired) electrons. The zero-order chi connectivity index (χ0) is 19.0. The van der Waals surface area contributed by atoms with E-state index >= 15 is 0 Å². The molecule has 4 rings (SSSR count). The summed E-state index contributed by atoms with van der Waals surface area (Å²) in [5.74, 6) is 0.907. The molecule has 0 atom stereocenters. The first kappa shape index (κ1) is 17.8. The van der Waals surface area contributed by atoms with Gasteiger partial charge in [-0.05, 0) is 56.5 Å². The lowest BCUT2D eigenvalue weighted by molar-refractivity contribution is 0.920. The van der Waals surface area contributed by atoms with E-state index in [-0.39, 0.29) is 0 Å². The van der Waals surface area contributed by atoms with Crippen LogP contribution in [-0.4, -0.2) is 14.6 Å². The van der Waals surface area contributed by atoms with Gasteiger partial charge in [0.15, 0.2) is 0 Å². The van der Waals surface area contributed by atoms with Gasteiger partial charge in [-0.25, -0.2) is 9.50 Å². The molecular weight excluding hydrogens is 350 g/mol. The quantitative estimate of drug-likeness (QED) is 0.416. The highest BCUT2D eigenvalue weighted by molar-refractivity contribution is 7.98. The van der Waals surface area contributed by atoms with E-state index in [0.29, 0.717) is 0 Å². The molecule has 0 saturated carbocycles. The summed E-state index contributed by atoms with van der Waals surface area (Å²) in [6.45, 7) is 8.56. The van der Waals surface area contributed by atoms with Gasteiger partial charge >= 0.3 is 0 Å². The molecule has 0 aliphatic carbocycles. The molecule has 0 unspecified atom stereocenters. The molecule has 4 heteroatoms. The first-order valence-corrected chi connectivity index (χ1v) is 10.1. The number of benzene rings is 2. The number of aryl methyl sites for hydroxylation is 4. The summed E-state index contributed by atoms with van der Waals surface area (Å²) in [7, 11) is 0. The maximum absolute atomic E-state index is 4.80. The number of hydrogen-bond acceptors (Lipinski definition) is 3. The van der Waals surface area contributed by atoms with Crippen molar-refractivity contribution in [3.05, 3.63) is 82.7 Å². The Morgan fingerprint density at radius 2 is 1.63 bits per heavy atom. The minimum Gasteiger partial charge on any atom is -0.246 e. The zero-order valence-corrected chi connectivity index (χ0v) is 17.0. The molecule has 2 aromatic heterocycles. The highest BCUT2D eigenvalue weighted by atomic mass is 32.2. The topological polar surface area (TPSA) is 30.2 Å². The van der Waals surface area contributed by atoms with E-state index < -0.39 is 0 Å². The van der Waals surface area contributed by atoms with Crippen molar-refractivity contribution in [2.45, 2.75) is 38.5 Å². The second-order valence-corrected chi connectivity index (χ2v) is 8.09. The summed E-state index contributed by atoms with van der Waals surface area (Å²) >= 11 is 1.77. The number of rotatable bonds is 4. The van der Waals surface area contributed by atoms with Crippen molar-refractivity contribution in [2.75, 3.05) is 0 Å². The van der Waals surface area contributed by atoms with Crippen LogP contribution in [0, 0.1) is 27.7 Å². The molecule has 3 nitrogen and oxygen atoms in total. The Kier molecular flexibility index (Phi) is 4.75. The van der Waals surface area contributed by atoms with Crippen LogP contribution in [0.15, 0.2) is 59.9 Å². The Hall–Kier alpha value is -2.59. The second-order valence-electron chi connectivity index (χ2n) is 7.13. The molecule has 0 aliphatic rings. The van der Waals surface area contributed by atoms with E-state index in [1.807, 2.05) is 16.9 Å². The average molecular weight is 374 g/mol. The van der Waals surface area contributed by atoms with Crippen molar-refractivity contribution in [3.63, 3.8) is 0 Å². The third-order valence-electron chi connectivity index (χ3n) is 4.89. The SMILES string of the molecule is Cc1ccc(C)c(CSc2nccn3nc(-c4cc(C)ccc4C)cc23)c1. The summed E-state index contributed by atoms with van der Waals surface area (Å²) in [6, 6.07) is 15.3. The second kappa shape index (κ2) is 7.20. The maximum Gasteiger partial charge on any atom is 0.122 e. The van der Waals surface area contributed by atoms with Gasteiger partial charge < -0.3 is 0 Å². The smallest absolute Gasteiger partial charge is 0.122 e. The minimum absolute atomic E-state index is 0.907. The number of nitrogens with zero attached hydrogens (tertiary/aromatic N) is 3. The number of thioether (sulfide) groups is 1. The van der Waals surface area contributed by atoms with Crippen LogP contribution in [0.1, 0.15) is 27.8 Å². The summed E-state index contributed by atoms with van der Waals surface area (Å²) in [5.41, 5.74) is 9.70. The van der Waals surface area contributed by atoms with E-state index in [4.69, 9.17) is 5.10 Å². The molecule has 0 aliphatic heterocycles. The summed E-state index contributed by atoms with van der Waals surface area (Å²) in [5, 5.41) is 5.81. The third-order valence-corrected chi connectivity index (χ3v) is 5.94. The molecule has 0 N–H and O–H groups in total. The fourth-order valence-corrected chi connectivity index (χ4v) is 4.29. The van der Waals surface area contributed by atoms with Crippen LogP contribution in [0.4, 0.5) is 0 Å². The normalized spacial score (nSPS) is 11.3. The summed E-state index contributed by atoms with van der Waals surface area (Å²) in [4.78, 5) is 4.62. The highest BCUT2D eigenvalue weighted by Gasteiger charge is 2.12. The van der Waals surface area contributed by atoms with Crippen LogP contribution in [-0.2, 0) is 5.75 Å². The molecule has 0 spiro atoms. The van der Waals surface area contributed by atoms with Crippen LogP contribution >= 0.6 is 11.8 Å². The van der Waals surface area contributed by atoms with Gasteiger partial charge in [0, 0.05) is 23.7 Å². The molecule has 0 bridgehead atoms. The lowest BCUT2D eigenvalue weighted by Gasteiger charge is -2.07. The van der Waals surface area contributed by atoms with E-state index in [9.17, 15) is 0 Å². The first-order chi connectivity index (χ1) is 13.0. The molecular formula is C23H23N3S. The van der Waals surface area contributed by atoms with Gasteiger partial charge in [-0.3, -0.25) is 0 Å². The van der Waals surface area contributed by atoms with Crippen molar-refractivity contribution < 1.29 is 0 Å². The van der Waals surface area contributed by atoms with E-state index in [1.165, 1.54) is 33.4 Å². The molecule has 4 aromatic rings. The largest absolute Gasteiger partial charge is 0.246 e. The zero-order valence-electron chi connectivity index (χ0n) is 16.2. The van der Waals surface area contributed by atoms with Crippen LogP contribution in [0.5, 0.6) is 0 Å². The lowest BCUT2D eigenvalue weighted by Crippen LogP contribution is -1.93. The molecule has 0 fully saturated rings. The summed E-state index contributed by atoms with van der Waals surface area (Å²) < 4.78 is 1.94. The number of fused-ring (bicyclic) bond motifs is 1. The molecule has 2 heterocycles. The van der Waals surface area contributed by atoms with E-state index in [1.54, 1.807) is 11.8 Å². The molecule has 0 saturated heterocycles. The minimum atomic E-state index is 0.907. The van der Waals surface area contributed by atoms with Gasteiger partial charge in [0.1, 0.15) is 5.03 Å². The predicted octanol–water partition coefficient (Wildman–Crippen LogP) is 5.92. The number of aromatic nitrogens is 3. The Balaban J connectivity index is 1.69. The Morgan fingerprint density at radius 3 is 2.44 bits per heavy atom. The monoisotopic (exact) mass is 373 g/mol. The Morgan fingerprint density at radius 1 is 0.889 bits per heavy atom. The van der Waals surface area contributed by atoms with Crippen molar-refractivity contribution in [2.24, 2.45) is 0 Å². The van der Waals surface area contributed by atoms with Crippen molar-refractivity contribution >= 4 is 17.3 Å². The van der Waals surface area contributed by atoms with Gasteiger partial charge in [-0.1, -0.05) is 53.2 Å². The van der Waals surface area contributed by atoms with Gasteiger partial charge in [-0.2, -0.15) is 5.10 Å². The van der Waals surface area contributed by atoms with Crippen LogP contribution < -0.4 is 0 Å². The van der Waals surface area contributed by atoms with Crippen LogP contribution in [0.25, 0.3) is 16.8 Å². The summed E-state index contributed by atoms with van der Waals surface area (Å²) in [6.07, 6.45) is 3.75. The van der Waals surface area contributed by atoms with Gasteiger partial charge in [0.2, 0.25) is 0 Å². The Bertz CT molecular complexity index is 1130. The maximum atomic E-state index is 4.80. The standard InChI is InChI=1S/C23H23N3S/c1-15-5-7-17(3)19(11-15)14-27-23-22-13-21(25-26(22)10-9-24-23)20-12-16(2)6-8-18(20)4/h5-13H,14H2,1-4H3. The number of hydrogen-bond donors (Lipinski definition) is 0. The van der Waals surface area contributed by atoms with Crippen LogP contribution in [0.2, 0.25) is 0 Å². The Labute approximate surface area is 164 Å². The first-order valence-electron chi connectivity index (χ1n) is 9.12. The van der Waals surface area contributed by atoms with E-state index in [0.717, 1.165) is 22.0 Å². The van der Waals surface area contributed by atoms with Crippen molar-refractivity contribution in [3.8, 4) is 11.3 Å². The third kappa shape index (κ3) is 3.62. The van der Waals surface area contributed by atoms with Gasteiger partial charge in [-0.15, -0.1) is 0 Å². The molecule has 2 aromatic carbocycles. The molecule has 136 valence electrons. The van der Waals surface area contributed by atoms with Crippen molar-refractivity contribution in [1.82, 2.24) is 14.6 Å². The predicted molar refractivity (Wildman–Crippen MR) is 113 cm³/mol. The highest BCUT2D eigenvalue weighted by Crippen LogP contribution is 2.30. The van der Waals surface area contributed by atoms with E-state index in [2.05, 4.69) is 75.1 Å². The molecule has 27 heavy (non-hydrogen) atoms. The molecule has 0 amide bonds. The van der Waals surface area contributed by atoms with Crippen LogP contribution in [0.3, 0.4) is 0 Å². The average Bonchev–Trinajstić information content (AvgIpc) is 3.09.